The number of anilines is 1. The van der Waals surface area contributed by atoms with Gasteiger partial charge in [0, 0.05) is 18.6 Å². The van der Waals surface area contributed by atoms with Crippen molar-refractivity contribution >= 4 is 5.69 Å². The lowest BCUT2D eigenvalue weighted by atomic mass is 9.89. The molecule has 4 nitrogen and oxygen atoms in total. The van der Waals surface area contributed by atoms with E-state index in [2.05, 4.69) is 37.2 Å². The van der Waals surface area contributed by atoms with Crippen LogP contribution in [0.5, 0.6) is 5.75 Å². The predicted octanol–water partition coefficient (Wildman–Crippen LogP) is 2.71. The number of para-hydroxylation sites is 1. The smallest absolute Gasteiger partial charge is 0.143 e. The lowest BCUT2D eigenvalue weighted by Crippen LogP contribution is -2.48. The maximum absolute atomic E-state index is 9.27. The number of nitrogens with one attached hydrogen (secondary N) is 1. The van der Waals surface area contributed by atoms with Gasteiger partial charge >= 0.3 is 0 Å². The zero-order chi connectivity index (χ0) is 14.7. The van der Waals surface area contributed by atoms with Crippen LogP contribution in [-0.2, 0) is 0 Å². The number of hydrogen-bond acceptors (Lipinski definition) is 4. The van der Waals surface area contributed by atoms with E-state index in [-0.39, 0.29) is 0 Å². The third-order valence-electron chi connectivity index (χ3n) is 4.31. The molecular formula is C16H23N3O. The molecule has 3 atom stereocenters. The van der Waals surface area contributed by atoms with Gasteiger partial charge in [-0.2, -0.15) is 5.26 Å². The van der Waals surface area contributed by atoms with Crippen LogP contribution in [0.4, 0.5) is 5.69 Å². The minimum Gasteiger partial charge on any atom is -0.495 e. The molecule has 0 spiro atoms. The summed E-state index contributed by atoms with van der Waals surface area (Å²) in [6, 6.07) is 8.73. The lowest BCUT2D eigenvalue weighted by molar-refractivity contribution is 0.145. The Bertz CT molecular complexity index is 509. The molecule has 1 aromatic rings. The molecule has 4 heteroatoms. The first-order valence-corrected chi connectivity index (χ1v) is 7.10. The molecule has 1 fully saturated rings. The van der Waals surface area contributed by atoms with E-state index in [1.165, 1.54) is 0 Å². The summed E-state index contributed by atoms with van der Waals surface area (Å²) >= 11 is 0. The van der Waals surface area contributed by atoms with Crippen LogP contribution in [-0.4, -0.2) is 37.7 Å². The molecule has 0 amide bonds. The van der Waals surface area contributed by atoms with Crippen molar-refractivity contribution in [3.05, 3.63) is 23.8 Å². The Morgan fingerprint density at radius 2 is 2.15 bits per heavy atom. The molecule has 0 radical (unpaired) electrons. The largest absolute Gasteiger partial charge is 0.495 e. The summed E-state index contributed by atoms with van der Waals surface area (Å²) in [7, 11) is 3.81. The van der Waals surface area contributed by atoms with Crippen LogP contribution >= 0.6 is 0 Å². The minimum atomic E-state index is 0.365. The molecule has 3 unspecified atom stereocenters. The number of methoxy groups -OCH3 is 1. The number of ether oxygens (including phenoxy) is 1. The second-order valence-electron chi connectivity index (χ2n) is 5.75. The fourth-order valence-electron chi connectivity index (χ4n) is 2.87. The van der Waals surface area contributed by atoms with Crippen LogP contribution < -0.4 is 10.1 Å². The Kier molecular flexibility index (Phi) is 4.51. The van der Waals surface area contributed by atoms with E-state index < -0.39 is 0 Å². The van der Waals surface area contributed by atoms with Crippen molar-refractivity contribution in [2.24, 2.45) is 5.92 Å². The first-order chi connectivity index (χ1) is 9.56. The molecule has 0 bridgehead atoms. The van der Waals surface area contributed by atoms with Crippen LogP contribution in [0.1, 0.15) is 25.8 Å². The summed E-state index contributed by atoms with van der Waals surface area (Å²) in [5.41, 5.74) is 1.47. The van der Waals surface area contributed by atoms with Crippen LogP contribution in [0.3, 0.4) is 0 Å². The Balaban J connectivity index is 2.23. The van der Waals surface area contributed by atoms with E-state index in [1.54, 1.807) is 7.11 Å². The standard InChI is InChI=1S/C16H23N3O/c1-11-10-19(3)12(2)8-14(11)18-16-13(9-17)6-5-7-15(16)20-4/h5-7,11-12,14,18H,8,10H2,1-4H3. The number of rotatable bonds is 3. The normalized spacial score (nSPS) is 26.9. The van der Waals surface area contributed by atoms with Gasteiger partial charge in [-0.15, -0.1) is 0 Å². The fraction of sp³-hybridized carbons (Fsp3) is 0.562. The van der Waals surface area contributed by atoms with E-state index in [4.69, 9.17) is 4.74 Å². The van der Waals surface area contributed by atoms with E-state index in [0.717, 1.165) is 24.4 Å². The van der Waals surface area contributed by atoms with Gasteiger partial charge in [-0.05, 0) is 38.4 Å². The third kappa shape index (κ3) is 2.88. The van der Waals surface area contributed by atoms with Crippen molar-refractivity contribution in [2.45, 2.75) is 32.4 Å². The molecule has 2 rings (SSSR count). The second-order valence-corrected chi connectivity index (χ2v) is 5.75. The molecule has 1 N–H and O–H groups in total. The Labute approximate surface area is 121 Å². The van der Waals surface area contributed by atoms with Crippen molar-refractivity contribution in [3.63, 3.8) is 0 Å². The summed E-state index contributed by atoms with van der Waals surface area (Å²) in [5.74, 6) is 1.27. The highest BCUT2D eigenvalue weighted by Crippen LogP contribution is 2.32. The van der Waals surface area contributed by atoms with E-state index in [1.807, 2.05) is 18.2 Å². The summed E-state index contributed by atoms with van der Waals surface area (Å²) < 4.78 is 5.39. The molecule has 108 valence electrons. The fourth-order valence-corrected chi connectivity index (χ4v) is 2.87. The van der Waals surface area contributed by atoms with Gasteiger partial charge in [0.15, 0.2) is 0 Å². The van der Waals surface area contributed by atoms with Gasteiger partial charge < -0.3 is 15.0 Å². The van der Waals surface area contributed by atoms with E-state index >= 15 is 0 Å². The predicted molar refractivity (Wildman–Crippen MR) is 81.0 cm³/mol. The Morgan fingerprint density at radius 3 is 2.80 bits per heavy atom. The van der Waals surface area contributed by atoms with Crippen LogP contribution in [0.25, 0.3) is 0 Å². The molecule has 20 heavy (non-hydrogen) atoms. The van der Waals surface area contributed by atoms with Gasteiger partial charge in [-0.1, -0.05) is 13.0 Å². The average molecular weight is 273 g/mol. The molecule has 0 aromatic heterocycles. The summed E-state index contributed by atoms with van der Waals surface area (Å²) in [6.45, 7) is 5.56. The summed E-state index contributed by atoms with van der Waals surface area (Å²) in [5, 5.41) is 12.8. The average Bonchev–Trinajstić information content (AvgIpc) is 2.44. The summed E-state index contributed by atoms with van der Waals surface area (Å²) in [6.07, 6.45) is 1.07. The van der Waals surface area contributed by atoms with Crippen LogP contribution in [0.15, 0.2) is 18.2 Å². The SMILES string of the molecule is COc1cccc(C#N)c1NC1CC(C)N(C)CC1C. The maximum atomic E-state index is 9.27. The quantitative estimate of drug-likeness (QED) is 0.920. The topological polar surface area (TPSA) is 48.3 Å². The number of piperidine rings is 1. The molecule has 0 saturated carbocycles. The summed E-state index contributed by atoms with van der Waals surface area (Å²) in [4.78, 5) is 2.39. The molecule has 1 aliphatic rings. The van der Waals surface area contributed by atoms with Crippen molar-refractivity contribution in [3.8, 4) is 11.8 Å². The van der Waals surface area contributed by atoms with Gasteiger partial charge in [0.2, 0.25) is 0 Å². The number of nitrogens with zero attached hydrogens (tertiary/aromatic N) is 2. The molecule has 1 saturated heterocycles. The van der Waals surface area contributed by atoms with Crippen molar-refractivity contribution in [1.29, 1.82) is 5.26 Å². The Morgan fingerprint density at radius 1 is 1.40 bits per heavy atom. The highest BCUT2D eigenvalue weighted by atomic mass is 16.5. The van der Waals surface area contributed by atoms with Gasteiger partial charge in [-0.25, -0.2) is 0 Å². The van der Waals surface area contributed by atoms with Crippen molar-refractivity contribution in [1.82, 2.24) is 4.90 Å². The molecule has 1 heterocycles. The van der Waals surface area contributed by atoms with Crippen LogP contribution in [0.2, 0.25) is 0 Å². The molecule has 1 aromatic carbocycles. The first-order valence-electron chi connectivity index (χ1n) is 7.10. The van der Waals surface area contributed by atoms with Crippen molar-refractivity contribution in [2.75, 3.05) is 26.0 Å². The second kappa shape index (κ2) is 6.15. The highest BCUT2D eigenvalue weighted by molar-refractivity contribution is 5.66. The molecular weight excluding hydrogens is 250 g/mol. The van der Waals surface area contributed by atoms with E-state index in [9.17, 15) is 5.26 Å². The number of likely N-dealkylation sites (tertiary alicyclic amines) is 1. The van der Waals surface area contributed by atoms with Gasteiger partial charge in [0.1, 0.15) is 11.8 Å². The number of hydrogen-bond donors (Lipinski definition) is 1. The van der Waals surface area contributed by atoms with Gasteiger partial charge in [0.25, 0.3) is 0 Å². The maximum Gasteiger partial charge on any atom is 0.143 e. The minimum absolute atomic E-state index is 0.365. The highest BCUT2D eigenvalue weighted by Gasteiger charge is 2.29. The molecule has 1 aliphatic heterocycles. The first kappa shape index (κ1) is 14.7. The van der Waals surface area contributed by atoms with Crippen molar-refractivity contribution < 1.29 is 4.74 Å². The van der Waals surface area contributed by atoms with Gasteiger partial charge in [-0.3, -0.25) is 0 Å². The van der Waals surface area contributed by atoms with Crippen LogP contribution in [0, 0.1) is 17.2 Å². The van der Waals surface area contributed by atoms with E-state index in [0.29, 0.717) is 23.6 Å². The molecule has 0 aliphatic carbocycles. The van der Waals surface area contributed by atoms with Gasteiger partial charge in [0.05, 0.1) is 18.4 Å². The Hall–Kier alpha value is -1.73. The monoisotopic (exact) mass is 273 g/mol. The lowest BCUT2D eigenvalue weighted by Gasteiger charge is -2.40. The zero-order valence-corrected chi connectivity index (χ0v) is 12.7. The third-order valence-corrected chi connectivity index (χ3v) is 4.31. The number of nitriles is 1. The zero-order valence-electron chi connectivity index (χ0n) is 12.7. The number of benzene rings is 1.